The molecule has 0 amide bonds. The highest BCUT2D eigenvalue weighted by atomic mass is 32.2. The Labute approximate surface area is 215 Å². The van der Waals surface area contributed by atoms with Crippen LogP contribution in [-0.2, 0) is 16.6 Å². The second kappa shape index (κ2) is 20.6. The fraction of sp³-hybridized carbons (Fsp3) is 0.714. The van der Waals surface area contributed by atoms with Crippen LogP contribution in [-0.4, -0.2) is 34.4 Å². The lowest BCUT2D eigenvalue weighted by atomic mass is 10.1. The van der Waals surface area contributed by atoms with Gasteiger partial charge in [0.25, 0.3) is 0 Å². The third-order valence-electron chi connectivity index (χ3n) is 6.02. The van der Waals surface area contributed by atoms with Crippen LogP contribution in [0.25, 0.3) is 0 Å². The first-order chi connectivity index (χ1) is 17.0. The Hall–Kier alpha value is -1.57. The summed E-state index contributed by atoms with van der Waals surface area (Å²) in [5, 5.41) is 0. The average molecular weight is 511 g/mol. The van der Waals surface area contributed by atoms with E-state index >= 15 is 0 Å². The molecule has 0 heterocycles. The van der Waals surface area contributed by atoms with Crippen LogP contribution in [0.1, 0.15) is 102 Å². The van der Waals surface area contributed by atoms with Crippen LogP contribution < -0.4 is 19.9 Å². The number of hydrogen-bond acceptors (Lipinski definition) is 5. The molecular weight excluding hydrogens is 460 g/mol. The molecule has 0 atom stereocenters. The van der Waals surface area contributed by atoms with Crippen molar-refractivity contribution in [1.29, 1.82) is 0 Å². The molecule has 3 N–H and O–H groups in total. The van der Waals surface area contributed by atoms with Crippen LogP contribution >= 0.6 is 0 Å². The third kappa shape index (κ3) is 16.7. The molecule has 0 bridgehead atoms. The monoisotopic (exact) mass is 510 g/mol. The molecule has 0 saturated heterocycles. The van der Waals surface area contributed by atoms with Gasteiger partial charge in [0.15, 0.2) is 11.5 Å². The molecule has 0 unspecified atom stereocenters. The Morgan fingerprint density at radius 2 is 1.46 bits per heavy atom. The summed E-state index contributed by atoms with van der Waals surface area (Å²) in [6.45, 7) is 3.32. The van der Waals surface area contributed by atoms with E-state index in [1.54, 1.807) is 19.2 Å². The van der Waals surface area contributed by atoms with Gasteiger partial charge in [-0.15, -0.1) is 0 Å². The summed E-state index contributed by atoms with van der Waals surface area (Å²) < 4.78 is 38.2. The SMILES string of the molecule is CCCCCCCCC=CCCCCCCCCS(=O)(=O)NCc1ccc(OCCN)c(OC)c1. The normalized spacial score (nSPS) is 11.9. The summed E-state index contributed by atoms with van der Waals surface area (Å²) in [5.74, 6) is 1.35. The Morgan fingerprint density at radius 3 is 2.06 bits per heavy atom. The van der Waals surface area contributed by atoms with Crippen LogP contribution in [0.4, 0.5) is 0 Å². The van der Waals surface area contributed by atoms with Crippen molar-refractivity contribution in [1.82, 2.24) is 4.72 Å². The quantitative estimate of drug-likeness (QED) is 0.130. The maximum atomic E-state index is 12.3. The molecule has 0 aliphatic heterocycles. The summed E-state index contributed by atoms with van der Waals surface area (Å²) >= 11 is 0. The molecule has 6 nitrogen and oxygen atoms in total. The van der Waals surface area contributed by atoms with E-state index in [-0.39, 0.29) is 12.3 Å². The molecular formula is C28H50N2O4S. The van der Waals surface area contributed by atoms with Gasteiger partial charge in [0, 0.05) is 13.1 Å². The van der Waals surface area contributed by atoms with Gasteiger partial charge in [-0.1, -0.05) is 82.9 Å². The second-order valence-corrected chi connectivity index (χ2v) is 11.1. The lowest BCUT2D eigenvalue weighted by molar-refractivity contribution is 0.302. The second-order valence-electron chi connectivity index (χ2n) is 9.20. The van der Waals surface area contributed by atoms with E-state index in [2.05, 4.69) is 23.8 Å². The standard InChI is InChI=1S/C28H50N2O4S/c1-3-4-5-6-7-8-9-10-11-12-13-14-15-16-17-18-23-35(31,32)30-25-26-19-20-27(34-22-21-29)28(24-26)33-2/h10-11,19-20,24,30H,3-9,12-18,21-23,25,29H2,1-2H3. The first-order valence-electron chi connectivity index (χ1n) is 13.6. The topological polar surface area (TPSA) is 90.7 Å². The van der Waals surface area contributed by atoms with Crippen LogP contribution in [0.5, 0.6) is 11.5 Å². The van der Waals surface area contributed by atoms with Gasteiger partial charge in [-0.25, -0.2) is 13.1 Å². The molecule has 35 heavy (non-hydrogen) atoms. The average Bonchev–Trinajstić information content (AvgIpc) is 2.86. The molecule has 0 fully saturated rings. The molecule has 0 saturated carbocycles. The number of allylic oxidation sites excluding steroid dienone is 2. The van der Waals surface area contributed by atoms with E-state index in [0.29, 0.717) is 31.1 Å². The number of nitrogens with one attached hydrogen (secondary N) is 1. The summed E-state index contributed by atoms with van der Waals surface area (Å²) in [6, 6.07) is 5.41. The Morgan fingerprint density at radius 1 is 0.857 bits per heavy atom. The van der Waals surface area contributed by atoms with Gasteiger partial charge in [0.05, 0.1) is 12.9 Å². The maximum absolute atomic E-state index is 12.3. The molecule has 0 aliphatic rings. The summed E-state index contributed by atoms with van der Waals surface area (Å²) in [4.78, 5) is 0. The highest BCUT2D eigenvalue weighted by Crippen LogP contribution is 2.28. The van der Waals surface area contributed by atoms with Crippen molar-refractivity contribution in [2.75, 3.05) is 26.0 Å². The molecule has 0 spiro atoms. The fourth-order valence-electron chi connectivity index (χ4n) is 3.92. The fourth-order valence-corrected chi connectivity index (χ4v) is 5.03. The molecule has 7 heteroatoms. The Bertz CT molecular complexity index is 781. The number of rotatable bonds is 23. The van der Waals surface area contributed by atoms with Crippen molar-refractivity contribution < 1.29 is 17.9 Å². The van der Waals surface area contributed by atoms with Crippen molar-refractivity contribution in [3.05, 3.63) is 35.9 Å². The summed E-state index contributed by atoms with van der Waals surface area (Å²) in [5.41, 5.74) is 6.29. The molecule has 202 valence electrons. The number of ether oxygens (including phenoxy) is 2. The van der Waals surface area contributed by atoms with Crippen molar-refractivity contribution in [2.24, 2.45) is 5.73 Å². The van der Waals surface area contributed by atoms with Gasteiger partial charge < -0.3 is 15.2 Å². The number of unbranched alkanes of at least 4 members (excludes halogenated alkanes) is 12. The smallest absolute Gasteiger partial charge is 0.211 e. The van der Waals surface area contributed by atoms with E-state index in [1.807, 2.05) is 6.07 Å². The zero-order chi connectivity index (χ0) is 25.6. The van der Waals surface area contributed by atoms with Gasteiger partial charge in [0.2, 0.25) is 10.0 Å². The van der Waals surface area contributed by atoms with Gasteiger partial charge in [-0.2, -0.15) is 0 Å². The molecule has 0 aliphatic carbocycles. The first kappa shape index (κ1) is 31.5. The number of methoxy groups -OCH3 is 1. The predicted molar refractivity (Wildman–Crippen MR) is 148 cm³/mol. The number of hydrogen-bond donors (Lipinski definition) is 2. The lowest BCUT2D eigenvalue weighted by Gasteiger charge is -2.12. The van der Waals surface area contributed by atoms with Crippen LogP contribution in [0.3, 0.4) is 0 Å². The zero-order valence-electron chi connectivity index (χ0n) is 22.2. The number of benzene rings is 1. The third-order valence-corrected chi connectivity index (χ3v) is 7.43. The molecule has 1 aromatic carbocycles. The van der Waals surface area contributed by atoms with E-state index < -0.39 is 10.0 Å². The highest BCUT2D eigenvalue weighted by molar-refractivity contribution is 7.89. The minimum Gasteiger partial charge on any atom is -0.493 e. The molecule has 0 aromatic heterocycles. The predicted octanol–water partition coefficient (Wildman–Crippen LogP) is 6.49. The largest absolute Gasteiger partial charge is 0.493 e. The Balaban J connectivity index is 2.07. The van der Waals surface area contributed by atoms with Crippen molar-refractivity contribution in [3.8, 4) is 11.5 Å². The number of nitrogens with two attached hydrogens (primary N) is 1. The maximum Gasteiger partial charge on any atom is 0.211 e. The van der Waals surface area contributed by atoms with E-state index in [0.717, 1.165) is 18.4 Å². The number of sulfonamides is 1. The molecule has 1 aromatic rings. The van der Waals surface area contributed by atoms with E-state index in [1.165, 1.54) is 70.6 Å². The van der Waals surface area contributed by atoms with E-state index in [4.69, 9.17) is 15.2 Å². The minimum atomic E-state index is -3.29. The van der Waals surface area contributed by atoms with Crippen molar-refractivity contribution in [3.63, 3.8) is 0 Å². The molecule has 0 radical (unpaired) electrons. The van der Waals surface area contributed by atoms with Gasteiger partial charge in [-0.05, 0) is 49.8 Å². The summed E-state index contributed by atoms with van der Waals surface area (Å²) in [6.07, 6.45) is 21.6. The van der Waals surface area contributed by atoms with Gasteiger partial charge in [0.1, 0.15) is 6.61 Å². The van der Waals surface area contributed by atoms with Crippen LogP contribution in [0.15, 0.2) is 30.4 Å². The first-order valence-corrected chi connectivity index (χ1v) is 15.3. The lowest BCUT2D eigenvalue weighted by Crippen LogP contribution is -2.26. The molecule has 1 rings (SSSR count). The van der Waals surface area contributed by atoms with Gasteiger partial charge in [-0.3, -0.25) is 0 Å². The van der Waals surface area contributed by atoms with Crippen LogP contribution in [0.2, 0.25) is 0 Å². The van der Waals surface area contributed by atoms with Crippen molar-refractivity contribution in [2.45, 2.75) is 103 Å². The Kier molecular flexibility index (Phi) is 18.5. The van der Waals surface area contributed by atoms with E-state index in [9.17, 15) is 8.42 Å². The minimum absolute atomic E-state index is 0.170. The van der Waals surface area contributed by atoms with Crippen LogP contribution in [0, 0.1) is 0 Å². The summed E-state index contributed by atoms with van der Waals surface area (Å²) in [7, 11) is -1.73. The highest BCUT2D eigenvalue weighted by Gasteiger charge is 2.11. The van der Waals surface area contributed by atoms with Crippen molar-refractivity contribution >= 4 is 10.0 Å². The van der Waals surface area contributed by atoms with Gasteiger partial charge >= 0.3 is 0 Å². The zero-order valence-corrected chi connectivity index (χ0v) is 23.0.